The van der Waals surface area contributed by atoms with Crippen LogP contribution in [-0.4, -0.2) is 19.9 Å². The Bertz CT molecular complexity index is 600. The van der Waals surface area contributed by atoms with E-state index in [1.165, 1.54) is 5.56 Å². The monoisotopic (exact) mass is 210 g/mol. The molecule has 78 valence electrons. The van der Waals surface area contributed by atoms with Gasteiger partial charge in [-0.05, 0) is 23.3 Å². The Morgan fingerprint density at radius 3 is 2.94 bits per heavy atom. The number of nitrogens with one attached hydrogen (secondary N) is 1. The van der Waals surface area contributed by atoms with Crippen LogP contribution in [0.1, 0.15) is 11.1 Å². The lowest BCUT2D eigenvalue weighted by Crippen LogP contribution is -1.89. The number of H-pyrrole nitrogens is 1. The second-order valence-corrected chi connectivity index (χ2v) is 3.64. The number of aromatic amines is 1. The lowest BCUT2D eigenvalue weighted by molar-refractivity contribution is 1.08. The highest BCUT2D eigenvalue weighted by molar-refractivity contribution is 5.79. The summed E-state index contributed by atoms with van der Waals surface area (Å²) >= 11 is 0. The zero-order valence-corrected chi connectivity index (χ0v) is 8.59. The summed E-state index contributed by atoms with van der Waals surface area (Å²) < 4.78 is 0. The van der Waals surface area contributed by atoms with Crippen LogP contribution >= 0.6 is 0 Å². The summed E-state index contributed by atoms with van der Waals surface area (Å²) in [7, 11) is 0. The number of rotatable bonds is 2. The van der Waals surface area contributed by atoms with Crippen molar-refractivity contribution in [3.05, 3.63) is 54.4 Å². The van der Waals surface area contributed by atoms with Crippen LogP contribution in [0.2, 0.25) is 0 Å². The van der Waals surface area contributed by atoms with E-state index in [4.69, 9.17) is 0 Å². The molecule has 0 radical (unpaired) electrons. The summed E-state index contributed by atoms with van der Waals surface area (Å²) in [5.74, 6) is 0. The van der Waals surface area contributed by atoms with Gasteiger partial charge >= 0.3 is 0 Å². The smallest absolute Gasteiger partial charge is 0.137 e. The number of hydrogen-bond acceptors (Lipinski definition) is 3. The van der Waals surface area contributed by atoms with Crippen molar-refractivity contribution in [3.63, 3.8) is 0 Å². The average molecular weight is 210 g/mol. The van der Waals surface area contributed by atoms with Gasteiger partial charge in [-0.25, -0.2) is 15.0 Å². The summed E-state index contributed by atoms with van der Waals surface area (Å²) in [6.45, 7) is 0. The van der Waals surface area contributed by atoms with Crippen LogP contribution < -0.4 is 0 Å². The Balaban J connectivity index is 2.01. The number of hydrogen-bond donors (Lipinski definition) is 1. The summed E-state index contributed by atoms with van der Waals surface area (Å²) in [5.41, 5.74) is 3.25. The zero-order chi connectivity index (χ0) is 10.8. The number of pyridine rings is 1. The van der Waals surface area contributed by atoms with Gasteiger partial charge in [0.25, 0.3) is 0 Å². The lowest BCUT2D eigenvalue weighted by Gasteiger charge is -1.97. The van der Waals surface area contributed by atoms with E-state index >= 15 is 0 Å². The summed E-state index contributed by atoms with van der Waals surface area (Å²) in [6, 6.07) is 4.01. The Labute approximate surface area is 92.4 Å². The van der Waals surface area contributed by atoms with Gasteiger partial charge in [0.15, 0.2) is 0 Å². The highest BCUT2D eigenvalue weighted by Gasteiger charge is 2.04. The fourth-order valence-electron chi connectivity index (χ4n) is 1.80. The highest BCUT2D eigenvalue weighted by atomic mass is 14.8. The van der Waals surface area contributed by atoms with Gasteiger partial charge in [-0.3, -0.25) is 0 Å². The van der Waals surface area contributed by atoms with Gasteiger partial charge in [0, 0.05) is 36.6 Å². The molecule has 0 spiro atoms. The summed E-state index contributed by atoms with van der Waals surface area (Å²) in [5, 5.41) is 1.16. The molecule has 0 aromatic carbocycles. The van der Waals surface area contributed by atoms with E-state index in [1.807, 2.05) is 24.7 Å². The highest BCUT2D eigenvalue weighted by Crippen LogP contribution is 2.18. The summed E-state index contributed by atoms with van der Waals surface area (Å²) in [6.07, 6.45) is 9.82. The van der Waals surface area contributed by atoms with Crippen LogP contribution in [0.5, 0.6) is 0 Å². The fourth-order valence-corrected chi connectivity index (χ4v) is 1.80. The SMILES string of the molecule is c1cnc2[nH]cc(Cc3cncnc3)c2c1. The second-order valence-electron chi connectivity index (χ2n) is 3.64. The quantitative estimate of drug-likeness (QED) is 0.703. The van der Waals surface area contributed by atoms with E-state index in [1.54, 1.807) is 12.5 Å². The van der Waals surface area contributed by atoms with Gasteiger partial charge in [-0.2, -0.15) is 0 Å². The first-order valence-electron chi connectivity index (χ1n) is 5.08. The van der Waals surface area contributed by atoms with Crippen LogP contribution in [0.15, 0.2) is 43.2 Å². The first-order valence-corrected chi connectivity index (χ1v) is 5.08. The van der Waals surface area contributed by atoms with Crippen LogP contribution in [0.3, 0.4) is 0 Å². The molecule has 0 fully saturated rings. The number of aromatic nitrogens is 4. The number of nitrogens with zero attached hydrogens (tertiary/aromatic N) is 3. The first kappa shape index (κ1) is 9.03. The van der Waals surface area contributed by atoms with Crippen molar-refractivity contribution in [1.29, 1.82) is 0 Å². The van der Waals surface area contributed by atoms with E-state index in [0.717, 1.165) is 23.0 Å². The van der Waals surface area contributed by atoms with E-state index in [-0.39, 0.29) is 0 Å². The number of fused-ring (bicyclic) bond motifs is 1. The third kappa shape index (κ3) is 1.54. The van der Waals surface area contributed by atoms with E-state index in [2.05, 4.69) is 26.0 Å². The van der Waals surface area contributed by atoms with Crippen molar-refractivity contribution in [2.24, 2.45) is 0 Å². The minimum Gasteiger partial charge on any atom is -0.346 e. The van der Waals surface area contributed by atoms with Gasteiger partial charge in [-0.15, -0.1) is 0 Å². The molecule has 0 saturated carbocycles. The van der Waals surface area contributed by atoms with Crippen molar-refractivity contribution < 1.29 is 0 Å². The van der Waals surface area contributed by atoms with Crippen molar-refractivity contribution in [2.75, 3.05) is 0 Å². The van der Waals surface area contributed by atoms with Gasteiger partial charge < -0.3 is 4.98 Å². The van der Waals surface area contributed by atoms with Crippen LogP contribution in [-0.2, 0) is 6.42 Å². The van der Waals surface area contributed by atoms with Crippen molar-refractivity contribution in [3.8, 4) is 0 Å². The fraction of sp³-hybridized carbons (Fsp3) is 0.0833. The maximum absolute atomic E-state index is 4.26. The Hall–Kier alpha value is -2.23. The molecule has 3 heterocycles. The molecular weight excluding hydrogens is 200 g/mol. The standard InChI is InChI=1S/C12H10N4/c1-2-11-10(7-16-12(11)15-3-1)4-9-5-13-8-14-6-9/h1-3,5-8H,4H2,(H,15,16). The average Bonchev–Trinajstić information content (AvgIpc) is 2.74. The Morgan fingerprint density at radius 2 is 2.06 bits per heavy atom. The van der Waals surface area contributed by atoms with E-state index in [0.29, 0.717) is 0 Å². The van der Waals surface area contributed by atoms with Gasteiger partial charge in [0.1, 0.15) is 12.0 Å². The third-order valence-electron chi connectivity index (χ3n) is 2.55. The predicted molar refractivity (Wildman–Crippen MR) is 60.9 cm³/mol. The Morgan fingerprint density at radius 1 is 1.19 bits per heavy atom. The van der Waals surface area contributed by atoms with Gasteiger partial charge in [0.05, 0.1) is 0 Å². The Kier molecular flexibility index (Phi) is 2.11. The molecule has 16 heavy (non-hydrogen) atoms. The molecule has 0 amide bonds. The molecule has 3 rings (SSSR count). The molecule has 4 nitrogen and oxygen atoms in total. The predicted octanol–water partition coefficient (Wildman–Crippen LogP) is 1.94. The van der Waals surface area contributed by atoms with Crippen LogP contribution in [0.4, 0.5) is 0 Å². The second kappa shape index (κ2) is 3.73. The molecule has 0 aliphatic heterocycles. The maximum Gasteiger partial charge on any atom is 0.137 e. The molecule has 3 aromatic heterocycles. The molecule has 0 aliphatic rings. The zero-order valence-electron chi connectivity index (χ0n) is 8.59. The van der Waals surface area contributed by atoms with Crippen LogP contribution in [0, 0.1) is 0 Å². The molecule has 0 atom stereocenters. The van der Waals surface area contributed by atoms with E-state index in [9.17, 15) is 0 Å². The first-order chi connectivity index (χ1) is 7.93. The van der Waals surface area contributed by atoms with Crippen molar-refractivity contribution in [1.82, 2.24) is 19.9 Å². The van der Waals surface area contributed by atoms with Gasteiger partial charge in [0.2, 0.25) is 0 Å². The molecule has 4 heteroatoms. The summed E-state index contributed by atoms with van der Waals surface area (Å²) in [4.78, 5) is 15.4. The molecule has 3 aromatic rings. The molecular formula is C12H10N4. The maximum atomic E-state index is 4.26. The van der Waals surface area contributed by atoms with Crippen LogP contribution in [0.25, 0.3) is 11.0 Å². The topological polar surface area (TPSA) is 54.5 Å². The van der Waals surface area contributed by atoms with E-state index < -0.39 is 0 Å². The minimum absolute atomic E-state index is 0.826. The lowest BCUT2D eigenvalue weighted by atomic mass is 10.1. The minimum atomic E-state index is 0.826. The molecule has 0 bridgehead atoms. The normalized spacial score (nSPS) is 10.8. The molecule has 0 aliphatic carbocycles. The molecule has 0 unspecified atom stereocenters. The van der Waals surface area contributed by atoms with Gasteiger partial charge in [-0.1, -0.05) is 0 Å². The van der Waals surface area contributed by atoms with Crippen molar-refractivity contribution >= 4 is 11.0 Å². The largest absolute Gasteiger partial charge is 0.346 e. The molecule has 0 saturated heterocycles. The third-order valence-corrected chi connectivity index (χ3v) is 2.55. The molecule has 1 N–H and O–H groups in total. The van der Waals surface area contributed by atoms with Crippen molar-refractivity contribution in [2.45, 2.75) is 6.42 Å².